The third-order valence-electron chi connectivity index (χ3n) is 0.541. The average Bonchev–Trinajstić information content (AvgIpc) is 1.65. The molecule has 0 aliphatic rings. The highest BCUT2D eigenvalue weighted by atomic mass is 127. The summed E-state index contributed by atoms with van der Waals surface area (Å²) in [6.45, 7) is 1.78. The number of rotatable bonds is 2. The van der Waals surface area contributed by atoms with Gasteiger partial charge in [0.2, 0.25) is 0 Å². The number of hydrogen-bond donors (Lipinski definition) is 1. The van der Waals surface area contributed by atoms with E-state index < -0.39 is 0 Å². The molecular formula is C4H8IN3. The largest absolute Gasteiger partial charge is 0.323 e. The molecule has 0 saturated heterocycles. The van der Waals surface area contributed by atoms with Crippen LogP contribution in [-0.2, 0) is 0 Å². The molecule has 3 nitrogen and oxygen atoms in total. The fourth-order valence-corrected chi connectivity index (χ4v) is 0.689. The fourth-order valence-electron chi connectivity index (χ4n) is 0.286. The Morgan fingerprint density at radius 1 is 1.88 bits per heavy atom. The Morgan fingerprint density at radius 3 is 2.50 bits per heavy atom. The summed E-state index contributed by atoms with van der Waals surface area (Å²) in [6.07, 6.45) is 1.77. The normalized spacial score (nSPS) is 11.1. The maximum Gasteiger partial charge on any atom is 0.0758 e. The van der Waals surface area contributed by atoms with Gasteiger partial charge in [-0.05, 0) is 6.92 Å². The van der Waals surface area contributed by atoms with Gasteiger partial charge in [-0.2, -0.15) is 5.11 Å². The summed E-state index contributed by atoms with van der Waals surface area (Å²) < 4.78 is 1.82. The molecule has 4 heteroatoms. The number of nitrogens with one attached hydrogen (secondary N) is 1. The predicted molar refractivity (Wildman–Crippen MR) is 40.7 cm³/mol. The van der Waals surface area contributed by atoms with Gasteiger partial charge >= 0.3 is 0 Å². The first-order valence-corrected chi connectivity index (χ1v) is 3.08. The van der Waals surface area contributed by atoms with E-state index in [1.807, 2.05) is 10.2 Å². The summed E-state index contributed by atoms with van der Waals surface area (Å²) in [6, 6.07) is 0. The zero-order valence-electron chi connectivity index (χ0n) is 4.85. The molecule has 0 heterocycles. The van der Waals surface area contributed by atoms with Crippen LogP contribution in [0.1, 0.15) is 6.92 Å². The second kappa shape index (κ2) is 3.82. The molecule has 0 bridgehead atoms. The molecule has 0 aromatic rings. The van der Waals surface area contributed by atoms with Gasteiger partial charge in [-0.1, -0.05) is 0 Å². The highest BCUT2D eigenvalue weighted by Gasteiger charge is 1.82. The Bertz CT molecular complexity index is 108. The lowest BCUT2D eigenvalue weighted by atomic mass is 10.6. The van der Waals surface area contributed by atoms with Crippen molar-refractivity contribution in [2.75, 3.05) is 7.05 Å². The van der Waals surface area contributed by atoms with Crippen LogP contribution in [0.2, 0.25) is 0 Å². The van der Waals surface area contributed by atoms with Crippen LogP contribution in [0, 0.1) is 5.53 Å². The summed E-state index contributed by atoms with van der Waals surface area (Å²) in [4.78, 5) is 0. The molecule has 0 aliphatic heterocycles. The number of nitrogens with zero attached hydrogens (tertiary/aromatic N) is 2. The van der Waals surface area contributed by atoms with Crippen LogP contribution in [0.25, 0.3) is 0 Å². The van der Waals surface area contributed by atoms with Crippen LogP contribution in [0.5, 0.6) is 0 Å². The number of hydrogen-bond acceptors (Lipinski definition) is 3. The zero-order valence-corrected chi connectivity index (χ0v) is 7.01. The number of halogens is 1. The lowest BCUT2D eigenvalue weighted by Gasteiger charge is -1.99. The Morgan fingerprint density at radius 2 is 2.38 bits per heavy atom. The van der Waals surface area contributed by atoms with Gasteiger partial charge in [-0.15, -0.1) is 0 Å². The predicted octanol–water partition coefficient (Wildman–Crippen LogP) is 2.16. The quantitative estimate of drug-likeness (QED) is 0.436. The molecule has 0 aromatic heterocycles. The minimum absolute atomic E-state index is 0.710. The van der Waals surface area contributed by atoms with Crippen LogP contribution < -0.4 is 0 Å². The molecule has 0 aliphatic carbocycles. The van der Waals surface area contributed by atoms with E-state index in [1.54, 1.807) is 13.1 Å². The van der Waals surface area contributed by atoms with Gasteiger partial charge < -0.3 is 3.11 Å². The third kappa shape index (κ3) is 4.04. The van der Waals surface area contributed by atoms with Gasteiger partial charge in [0.15, 0.2) is 0 Å². The molecule has 46 valence electrons. The van der Waals surface area contributed by atoms with Crippen molar-refractivity contribution in [1.82, 2.24) is 3.11 Å². The molecule has 0 aromatic carbocycles. The van der Waals surface area contributed by atoms with Crippen LogP contribution >= 0.6 is 22.9 Å². The standard InChI is InChI=1S/C4H8IN3/c1-4(7-6)3-8(2)5/h3,6H,1-2H3/b4-3-,7-6?. The second-order valence-corrected chi connectivity index (χ2v) is 2.93. The topological polar surface area (TPSA) is 39.5 Å². The minimum atomic E-state index is 0.710. The van der Waals surface area contributed by atoms with Gasteiger partial charge in [-0.3, -0.25) is 0 Å². The highest BCUT2D eigenvalue weighted by molar-refractivity contribution is 14.1. The summed E-state index contributed by atoms with van der Waals surface area (Å²) in [5.74, 6) is 0. The molecule has 0 fully saturated rings. The van der Waals surface area contributed by atoms with Crippen molar-refractivity contribution in [3.8, 4) is 0 Å². The van der Waals surface area contributed by atoms with E-state index in [2.05, 4.69) is 28.0 Å². The lowest BCUT2D eigenvalue weighted by Crippen LogP contribution is -1.90. The van der Waals surface area contributed by atoms with E-state index in [0.717, 1.165) is 0 Å². The molecule has 8 heavy (non-hydrogen) atoms. The molecule has 0 spiro atoms. The summed E-state index contributed by atoms with van der Waals surface area (Å²) in [5.41, 5.74) is 7.24. The molecule has 0 radical (unpaired) electrons. The highest BCUT2D eigenvalue weighted by Crippen LogP contribution is 1.99. The Labute approximate surface area is 62.8 Å². The SMILES string of the molecule is C/C(=C/N(C)I)N=N. The maximum atomic E-state index is 6.53. The Kier molecular flexibility index (Phi) is 3.76. The Hall–Kier alpha value is -0.130. The minimum Gasteiger partial charge on any atom is -0.323 e. The maximum absolute atomic E-state index is 6.53. The summed E-state index contributed by atoms with van der Waals surface area (Å²) >= 11 is 2.09. The average molecular weight is 225 g/mol. The van der Waals surface area contributed by atoms with Crippen LogP contribution in [-0.4, -0.2) is 10.2 Å². The van der Waals surface area contributed by atoms with E-state index in [1.165, 1.54) is 0 Å². The van der Waals surface area contributed by atoms with E-state index >= 15 is 0 Å². The van der Waals surface area contributed by atoms with Crippen LogP contribution in [0.15, 0.2) is 17.0 Å². The second-order valence-electron chi connectivity index (χ2n) is 1.41. The Balaban J connectivity index is 3.74. The van der Waals surface area contributed by atoms with Crippen LogP contribution in [0.4, 0.5) is 0 Å². The third-order valence-corrected chi connectivity index (χ3v) is 0.820. The number of allylic oxidation sites excluding steroid dienone is 1. The first kappa shape index (κ1) is 7.87. The molecule has 0 amide bonds. The van der Waals surface area contributed by atoms with Crippen molar-refractivity contribution in [3.05, 3.63) is 11.9 Å². The molecule has 1 N–H and O–H groups in total. The van der Waals surface area contributed by atoms with E-state index in [-0.39, 0.29) is 0 Å². The van der Waals surface area contributed by atoms with Crippen LogP contribution in [0.3, 0.4) is 0 Å². The van der Waals surface area contributed by atoms with Gasteiger partial charge in [0.05, 0.1) is 28.6 Å². The van der Waals surface area contributed by atoms with Gasteiger partial charge in [0.1, 0.15) is 0 Å². The molecule has 0 rings (SSSR count). The lowest BCUT2D eigenvalue weighted by molar-refractivity contribution is 0.811. The molecule has 0 atom stereocenters. The van der Waals surface area contributed by atoms with Crippen molar-refractivity contribution in [2.24, 2.45) is 5.11 Å². The summed E-state index contributed by atoms with van der Waals surface area (Å²) in [5, 5.41) is 3.19. The first-order valence-electron chi connectivity index (χ1n) is 2.11. The van der Waals surface area contributed by atoms with Crippen molar-refractivity contribution in [2.45, 2.75) is 6.92 Å². The van der Waals surface area contributed by atoms with E-state index in [4.69, 9.17) is 5.53 Å². The first-order chi connectivity index (χ1) is 3.66. The van der Waals surface area contributed by atoms with Gasteiger partial charge in [0.25, 0.3) is 0 Å². The monoisotopic (exact) mass is 225 g/mol. The smallest absolute Gasteiger partial charge is 0.0758 e. The van der Waals surface area contributed by atoms with Gasteiger partial charge in [-0.25, -0.2) is 5.53 Å². The fraction of sp³-hybridized carbons (Fsp3) is 0.500. The van der Waals surface area contributed by atoms with Crippen molar-refractivity contribution in [1.29, 1.82) is 5.53 Å². The van der Waals surface area contributed by atoms with E-state index in [9.17, 15) is 0 Å². The van der Waals surface area contributed by atoms with Crippen molar-refractivity contribution in [3.63, 3.8) is 0 Å². The summed E-state index contributed by atoms with van der Waals surface area (Å²) in [7, 11) is 1.88. The molecule has 0 saturated carbocycles. The molecular weight excluding hydrogens is 217 g/mol. The molecule has 0 unspecified atom stereocenters. The van der Waals surface area contributed by atoms with Crippen molar-refractivity contribution >= 4 is 22.9 Å². The van der Waals surface area contributed by atoms with Gasteiger partial charge in [0, 0.05) is 13.2 Å². The van der Waals surface area contributed by atoms with E-state index in [0.29, 0.717) is 5.70 Å². The zero-order chi connectivity index (χ0) is 6.57. The van der Waals surface area contributed by atoms with Crippen molar-refractivity contribution < 1.29 is 0 Å².